The fraction of sp³-hybridized carbons (Fsp3) is 0. The van der Waals surface area contributed by atoms with Crippen LogP contribution in [0.15, 0.2) is 23.1 Å². The molecule has 0 atom stereocenters. The molecule has 0 bridgehead atoms. The van der Waals surface area contributed by atoms with Crippen LogP contribution in [0.5, 0.6) is 0 Å². The minimum Gasteiger partial charge on any atom is -0.282 e. The fourth-order valence-electron chi connectivity index (χ4n) is 0.677. The van der Waals surface area contributed by atoms with E-state index in [2.05, 4.69) is 0 Å². The number of benzene rings is 1. The standard InChI is InChI=1S/C6H4Cl2O3S/c7-4-1-5(8)3-6(2-4)12(9,10)11/h1-3H,(H,9,10,11)/i12+3. The van der Waals surface area contributed by atoms with Gasteiger partial charge in [0.2, 0.25) is 0 Å². The molecule has 6 heteroatoms. The van der Waals surface area contributed by atoms with Gasteiger partial charge in [-0.1, -0.05) is 23.2 Å². The second-order valence-electron chi connectivity index (χ2n) is 2.08. The maximum absolute atomic E-state index is 10.6. The zero-order valence-electron chi connectivity index (χ0n) is 5.66. The van der Waals surface area contributed by atoms with Crippen LogP contribution in [-0.4, -0.2) is 13.0 Å². The van der Waals surface area contributed by atoms with E-state index in [9.17, 15) is 8.42 Å². The van der Waals surface area contributed by atoms with Gasteiger partial charge < -0.3 is 0 Å². The summed E-state index contributed by atoms with van der Waals surface area (Å²) in [6, 6.07) is 3.60. The molecule has 0 aliphatic heterocycles. The average molecular weight is 230 g/mol. The number of rotatable bonds is 1. The summed E-state index contributed by atoms with van der Waals surface area (Å²) in [7, 11) is -4.22. The van der Waals surface area contributed by atoms with Gasteiger partial charge >= 0.3 is 0 Å². The Labute approximate surface area is 79.7 Å². The van der Waals surface area contributed by atoms with Crippen molar-refractivity contribution in [3.63, 3.8) is 0 Å². The van der Waals surface area contributed by atoms with Gasteiger partial charge in [-0.05, 0) is 18.2 Å². The second kappa shape index (κ2) is 3.22. The smallest absolute Gasteiger partial charge is 0.282 e. The van der Waals surface area contributed by atoms with Crippen LogP contribution in [-0.2, 0) is 10.1 Å². The van der Waals surface area contributed by atoms with Gasteiger partial charge in [-0.25, -0.2) is 0 Å². The van der Waals surface area contributed by atoms with Crippen LogP contribution in [0.1, 0.15) is 0 Å². The van der Waals surface area contributed by atoms with E-state index < -0.39 is 10.1 Å². The van der Waals surface area contributed by atoms with Crippen molar-refractivity contribution in [3.05, 3.63) is 28.2 Å². The van der Waals surface area contributed by atoms with Gasteiger partial charge in [-0.15, -0.1) is 0 Å². The van der Waals surface area contributed by atoms with Gasteiger partial charge in [-0.2, -0.15) is 8.42 Å². The molecule has 0 aromatic heterocycles. The van der Waals surface area contributed by atoms with Crippen LogP contribution in [0.3, 0.4) is 0 Å². The van der Waals surface area contributed by atoms with E-state index >= 15 is 0 Å². The molecule has 0 fully saturated rings. The molecule has 1 N–H and O–H groups in total. The molecular weight excluding hydrogens is 226 g/mol. The molecule has 0 amide bonds. The van der Waals surface area contributed by atoms with E-state index in [4.69, 9.17) is 27.8 Å². The van der Waals surface area contributed by atoms with Crippen LogP contribution in [0.2, 0.25) is 10.0 Å². The van der Waals surface area contributed by atoms with E-state index in [1.807, 2.05) is 0 Å². The van der Waals surface area contributed by atoms with Crippen molar-refractivity contribution in [3.8, 4) is 0 Å². The Balaban J connectivity index is 3.37. The van der Waals surface area contributed by atoms with E-state index in [-0.39, 0.29) is 14.9 Å². The molecule has 3 nitrogen and oxygen atoms in total. The zero-order valence-corrected chi connectivity index (χ0v) is 7.99. The van der Waals surface area contributed by atoms with Crippen molar-refractivity contribution in [1.82, 2.24) is 0 Å². The quantitative estimate of drug-likeness (QED) is 0.752. The second-order valence-corrected chi connectivity index (χ2v) is 4.37. The Morgan fingerprint density at radius 2 is 1.50 bits per heavy atom. The summed E-state index contributed by atoms with van der Waals surface area (Å²) in [5.74, 6) is 0. The molecule has 12 heavy (non-hydrogen) atoms. The first-order valence-electron chi connectivity index (χ1n) is 2.83. The van der Waals surface area contributed by atoms with Crippen LogP contribution in [0, 0.1) is 0 Å². The molecule has 66 valence electrons. The third kappa shape index (κ3) is 2.35. The Morgan fingerprint density at radius 3 is 1.83 bits per heavy atom. The Kier molecular flexibility index (Phi) is 2.63. The summed E-state index contributed by atoms with van der Waals surface area (Å²) >= 11 is 11.0. The summed E-state index contributed by atoms with van der Waals surface area (Å²) in [4.78, 5) is -0.306. The summed E-state index contributed by atoms with van der Waals surface area (Å²) in [6.45, 7) is 0. The fourth-order valence-corrected chi connectivity index (χ4v) is 1.88. The van der Waals surface area contributed by atoms with E-state index in [0.717, 1.165) is 12.1 Å². The largest absolute Gasteiger partial charge is 0.294 e. The molecule has 0 unspecified atom stereocenters. The lowest BCUT2D eigenvalue weighted by Crippen LogP contribution is -1.97. The highest BCUT2D eigenvalue weighted by Gasteiger charge is 2.10. The van der Waals surface area contributed by atoms with E-state index in [0.29, 0.717) is 0 Å². The van der Waals surface area contributed by atoms with Crippen molar-refractivity contribution in [2.75, 3.05) is 0 Å². The number of halogens is 2. The summed E-state index contributed by atoms with van der Waals surface area (Å²) in [6.07, 6.45) is 0. The predicted octanol–water partition coefficient (Wildman–Crippen LogP) is 2.24. The van der Waals surface area contributed by atoms with Crippen molar-refractivity contribution in [2.45, 2.75) is 4.90 Å². The Morgan fingerprint density at radius 1 is 1.08 bits per heavy atom. The number of hydrogen-bond donors (Lipinski definition) is 1. The first-order chi connectivity index (χ1) is 5.39. The summed E-state index contributed by atoms with van der Waals surface area (Å²) in [5, 5.41) is 0.324. The molecule has 0 aliphatic carbocycles. The maximum atomic E-state index is 10.6. The van der Waals surface area contributed by atoms with Crippen LogP contribution in [0.25, 0.3) is 0 Å². The SMILES string of the molecule is O=[35S](=O)(O)c1cc(Cl)cc(Cl)c1. The summed E-state index contributed by atoms with van der Waals surface area (Å²) < 4.78 is 29.7. The van der Waals surface area contributed by atoms with Crippen molar-refractivity contribution < 1.29 is 13.0 Å². The van der Waals surface area contributed by atoms with Gasteiger partial charge in [-0.3, -0.25) is 4.55 Å². The highest BCUT2D eigenvalue weighted by Crippen LogP contribution is 2.21. The van der Waals surface area contributed by atoms with Crippen molar-refractivity contribution >= 4 is 33.3 Å². The van der Waals surface area contributed by atoms with Gasteiger partial charge in [0, 0.05) is 10.0 Å². The van der Waals surface area contributed by atoms with Crippen LogP contribution < -0.4 is 0 Å². The molecule has 0 heterocycles. The molecular formula is C6H4Cl2O3S. The third-order valence-electron chi connectivity index (χ3n) is 1.13. The minimum absolute atomic E-state index is 0.162. The lowest BCUT2D eigenvalue weighted by molar-refractivity contribution is 0.483. The summed E-state index contributed by atoms with van der Waals surface area (Å²) in [5.41, 5.74) is 0. The lowest BCUT2D eigenvalue weighted by Gasteiger charge is -1.98. The van der Waals surface area contributed by atoms with Gasteiger partial charge in [0.05, 0.1) is 4.90 Å². The van der Waals surface area contributed by atoms with Crippen molar-refractivity contribution in [1.29, 1.82) is 0 Å². The molecule has 0 spiro atoms. The lowest BCUT2D eigenvalue weighted by atomic mass is 10.4. The first-order valence-corrected chi connectivity index (χ1v) is 5.03. The first kappa shape index (κ1) is 9.80. The molecule has 0 saturated carbocycles. The number of hydrogen-bond acceptors (Lipinski definition) is 2. The average Bonchev–Trinajstić information content (AvgIpc) is 1.82. The highest BCUT2D eigenvalue weighted by molar-refractivity contribution is 7.85. The van der Waals surface area contributed by atoms with E-state index in [1.165, 1.54) is 6.07 Å². The molecule has 0 saturated heterocycles. The normalized spacial score (nSPS) is 11.6. The highest BCUT2D eigenvalue weighted by atomic mass is 35.5. The van der Waals surface area contributed by atoms with Gasteiger partial charge in [0.1, 0.15) is 0 Å². The Bertz CT molecular complexity index is 379. The molecule has 1 rings (SSSR count). The monoisotopic (exact) mass is 229 g/mol. The van der Waals surface area contributed by atoms with Crippen molar-refractivity contribution in [2.24, 2.45) is 0 Å². The molecule has 1 aromatic rings. The third-order valence-corrected chi connectivity index (χ3v) is 2.40. The Hall–Kier alpha value is -0.290. The predicted molar refractivity (Wildman–Crippen MR) is 46.3 cm³/mol. The molecule has 0 aliphatic rings. The maximum Gasteiger partial charge on any atom is 0.294 e. The molecule has 0 radical (unpaired) electrons. The van der Waals surface area contributed by atoms with Crippen LogP contribution in [0.4, 0.5) is 0 Å². The minimum atomic E-state index is -4.22. The van der Waals surface area contributed by atoms with Crippen LogP contribution >= 0.6 is 23.2 Å². The zero-order chi connectivity index (χ0) is 9.35. The molecule has 1 aromatic carbocycles. The van der Waals surface area contributed by atoms with E-state index in [1.54, 1.807) is 0 Å². The topological polar surface area (TPSA) is 54.4 Å². The van der Waals surface area contributed by atoms with Gasteiger partial charge in [0.25, 0.3) is 10.1 Å². The van der Waals surface area contributed by atoms with Gasteiger partial charge in [0.15, 0.2) is 0 Å².